The van der Waals surface area contributed by atoms with Gasteiger partial charge in [-0.1, -0.05) is 6.07 Å². The predicted octanol–water partition coefficient (Wildman–Crippen LogP) is 3.61. The third kappa shape index (κ3) is 4.02. The normalized spacial score (nSPS) is 10.6. The minimum Gasteiger partial charge on any atom is -0.325 e. The van der Waals surface area contributed by atoms with Crippen molar-refractivity contribution in [2.24, 2.45) is 0 Å². The number of pyridine rings is 1. The smallest absolute Gasteiger partial charge is 0.234 e. The molecule has 1 N–H and O–H groups in total. The number of carbonyl (C=O) groups excluding carboxylic acids is 1. The monoisotopic (exact) mass is 338 g/mol. The highest BCUT2D eigenvalue weighted by Crippen LogP contribution is 2.19. The van der Waals surface area contributed by atoms with Gasteiger partial charge in [0, 0.05) is 28.7 Å². The van der Waals surface area contributed by atoms with Crippen LogP contribution in [-0.4, -0.2) is 26.4 Å². The van der Waals surface area contributed by atoms with Crippen LogP contribution in [0.2, 0.25) is 0 Å². The molecule has 0 aliphatic carbocycles. The Morgan fingerprint density at radius 3 is 2.67 bits per heavy atom. The molecule has 0 spiro atoms. The van der Waals surface area contributed by atoms with E-state index in [0.29, 0.717) is 5.75 Å². The molecule has 24 heavy (non-hydrogen) atoms. The van der Waals surface area contributed by atoms with Crippen LogP contribution >= 0.6 is 11.8 Å². The Hall–Kier alpha value is -2.60. The Morgan fingerprint density at radius 2 is 1.96 bits per heavy atom. The molecule has 2 aromatic heterocycles. The van der Waals surface area contributed by atoms with Gasteiger partial charge in [0.25, 0.3) is 0 Å². The summed E-state index contributed by atoms with van der Waals surface area (Å²) >= 11 is 1.48. The van der Waals surface area contributed by atoms with Crippen molar-refractivity contribution >= 4 is 23.4 Å². The number of aryl methyl sites for hydroxylation is 2. The fraction of sp³-hybridized carbons (Fsp3) is 0.167. The maximum Gasteiger partial charge on any atom is 0.234 e. The molecular weight excluding hydrogens is 320 g/mol. The Morgan fingerprint density at radius 1 is 1.17 bits per heavy atom. The SMILES string of the molecule is Cc1cc(C)n(-c2cccc(NC(=O)CSc3ccncc3)c2)n1. The standard InChI is InChI=1S/C18H18N4OS/c1-13-10-14(2)22(21-13)16-5-3-4-15(11-16)20-18(23)12-24-17-6-8-19-9-7-17/h3-11H,12H2,1-2H3,(H,20,23). The Bertz CT molecular complexity index is 845. The van der Waals surface area contributed by atoms with Crippen molar-refractivity contribution in [1.29, 1.82) is 0 Å². The van der Waals surface area contributed by atoms with Crippen LogP contribution in [0, 0.1) is 13.8 Å². The third-order valence-corrected chi connectivity index (χ3v) is 4.42. The average molecular weight is 338 g/mol. The first-order valence-corrected chi connectivity index (χ1v) is 8.57. The van der Waals surface area contributed by atoms with Gasteiger partial charge in [-0.05, 0) is 50.2 Å². The van der Waals surface area contributed by atoms with Crippen LogP contribution in [0.3, 0.4) is 0 Å². The zero-order chi connectivity index (χ0) is 16.9. The topological polar surface area (TPSA) is 59.8 Å². The highest BCUT2D eigenvalue weighted by molar-refractivity contribution is 8.00. The Balaban J connectivity index is 1.66. The van der Waals surface area contributed by atoms with Crippen LogP contribution in [-0.2, 0) is 4.79 Å². The van der Waals surface area contributed by atoms with Gasteiger partial charge in [-0.3, -0.25) is 9.78 Å². The number of nitrogens with one attached hydrogen (secondary N) is 1. The summed E-state index contributed by atoms with van der Waals surface area (Å²) in [6.45, 7) is 3.97. The van der Waals surface area contributed by atoms with E-state index in [9.17, 15) is 4.79 Å². The molecular formula is C18H18N4OS. The summed E-state index contributed by atoms with van der Waals surface area (Å²) in [6, 6.07) is 13.5. The number of hydrogen-bond donors (Lipinski definition) is 1. The van der Waals surface area contributed by atoms with E-state index in [1.807, 2.05) is 61.0 Å². The van der Waals surface area contributed by atoms with Gasteiger partial charge in [-0.25, -0.2) is 4.68 Å². The van der Waals surface area contributed by atoms with Crippen LogP contribution < -0.4 is 5.32 Å². The number of rotatable bonds is 5. The molecule has 0 aliphatic rings. The molecule has 0 atom stereocenters. The molecule has 0 bridgehead atoms. The Kier molecular flexibility index (Phi) is 4.96. The fourth-order valence-electron chi connectivity index (χ4n) is 2.39. The van der Waals surface area contributed by atoms with E-state index in [2.05, 4.69) is 15.4 Å². The first-order valence-electron chi connectivity index (χ1n) is 7.58. The van der Waals surface area contributed by atoms with Gasteiger partial charge in [0.1, 0.15) is 0 Å². The minimum atomic E-state index is -0.0395. The molecule has 2 heterocycles. The van der Waals surface area contributed by atoms with E-state index in [4.69, 9.17) is 0 Å². The molecule has 122 valence electrons. The van der Waals surface area contributed by atoms with Gasteiger partial charge >= 0.3 is 0 Å². The van der Waals surface area contributed by atoms with Crippen molar-refractivity contribution in [1.82, 2.24) is 14.8 Å². The number of thioether (sulfide) groups is 1. The molecule has 0 radical (unpaired) electrons. The average Bonchev–Trinajstić information content (AvgIpc) is 2.93. The summed E-state index contributed by atoms with van der Waals surface area (Å²) in [5, 5.41) is 7.40. The molecule has 1 amide bonds. The molecule has 0 fully saturated rings. The summed E-state index contributed by atoms with van der Waals surface area (Å²) in [4.78, 5) is 17.1. The van der Waals surface area contributed by atoms with Crippen molar-refractivity contribution in [3.05, 3.63) is 66.2 Å². The summed E-state index contributed by atoms with van der Waals surface area (Å²) < 4.78 is 1.87. The van der Waals surface area contributed by atoms with Gasteiger partial charge in [-0.2, -0.15) is 5.10 Å². The molecule has 0 unspecified atom stereocenters. The van der Waals surface area contributed by atoms with Crippen LogP contribution in [0.15, 0.2) is 59.8 Å². The molecule has 0 saturated heterocycles. The molecule has 3 rings (SSSR count). The van der Waals surface area contributed by atoms with Crippen LogP contribution in [0.25, 0.3) is 5.69 Å². The second kappa shape index (κ2) is 7.31. The highest BCUT2D eigenvalue weighted by atomic mass is 32.2. The summed E-state index contributed by atoms with van der Waals surface area (Å²) in [5.74, 6) is 0.316. The second-order valence-electron chi connectivity index (χ2n) is 5.41. The second-order valence-corrected chi connectivity index (χ2v) is 6.46. The predicted molar refractivity (Wildman–Crippen MR) is 96.6 cm³/mol. The third-order valence-electron chi connectivity index (χ3n) is 3.40. The lowest BCUT2D eigenvalue weighted by atomic mass is 10.2. The van der Waals surface area contributed by atoms with Crippen molar-refractivity contribution in [2.45, 2.75) is 18.7 Å². The zero-order valence-electron chi connectivity index (χ0n) is 13.6. The number of amides is 1. The van der Waals surface area contributed by atoms with Crippen molar-refractivity contribution in [3.63, 3.8) is 0 Å². The maximum absolute atomic E-state index is 12.1. The maximum atomic E-state index is 12.1. The number of aromatic nitrogens is 3. The Labute approximate surface area is 145 Å². The number of carbonyl (C=O) groups is 1. The minimum absolute atomic E-state index is 0.0395. The number of benzene rings is 1. The molecule has 1 aromatic carbocycles. The number of hydrogen-bond acceptors (Lipinski definition) is 4. The molecule has 5 nitrogen and oxygen atoms in total. The van der Waals surface area contributed by atoms with Gasteiger partial charge in [-0.15, -0.1) is 11.8 Å². The summed E-state index contributed by atoms with van der Waals surface area (Å²) in [6.07, 6.45) is 3.44. The molecule has 0 aliphatic heterocycles. The first kappa shape index (κ1) is 16.3. The van der Waals surface area contributed by atoms with Crippen LogP contribution in [0.4, 0.5) is 5.69 Å². The van der Waals surface area contributed by atoms with E-state index < -0.39 is 0 Å². The quantitative estimate of drug-likeness (QED) is 0.722. The lowest BCUT2D eigenvalue weighted by Crippen LogP contribution is -2.14. The van der Waals surface area contributed by atoms with Crippen LogP contribution in [0.1, 0.15) is 11.4 Å². The molecule has 6 heteroatoms. The fourth-order valence-corrected chi connectivity index (χ4v) is 3.07. The van der Waals surface area contributed by atoms with Crippen molar-refractivity contribution < 1.29 is 4.79 Å². The number of nitrogens with zero attached hydrogens (tertiary/aromatic N) is 3. The van der Waals surface area contributed by atoms with E-state index in [-0.39, 0.29) is 5.91 Å². The van der Waals surface area contributed by atoms with E-state index in [0.717, 1.165) is 27.7 Å². The van der Waals surface area contributed by atoms with Gasteiger partial charge in [0.15, 0.2) is 0 Å². The van der Waals surface area contributed by atoms with Crippen molar-refractivity contribution in [2.75, 3.05) is 11.1 Å². The van der Waals surface area contributed by atoms with E-state index >= 15 is 0 Å². The number of anilines is 1. The lowest BCUT2D eigenvalue weighted by molar-refractivity contribution is -0.113. The van der Waals surface area contributed by atoms with Crippen LogP contribution in [0.5, 0.6) is 0 Å². The van der Waals surface area contributed by atoms with E-state index in [1.165, 1.54) is 11.8 Å². The van der Waals surface area contributed by atoms with E-state index in [1.54, 1.807) is 12.4 Å². The lowest BCUT2D eigenvalue weighted by Gasteiger charge is -2.09. The van der Waals surface area contributed by atoms with Gasteiger partial charge in [0.05, 0.1) is 17.1 Å². The summed E-state index contributed by atoms with van der Waals surface area (Å²) in [5.41, 5.74) is 3.72. The first-order chi connectivity index (χ1) is 11.6. The van der Waals surface area contributed by atoms with Crippen molar-refractivity contribution in [3.8, 4) is 5.69 Å². The highest BCUT2D eigenvalue weighted by Gasteiger charge is 2.07. The van der Waals surface area contributed by atoms with Gasteiger partial charge < -0.3 is 5.32 Å². The molecule has 0 saturated carbocycles. The zero-order valence-corrected chi connectivity index (χ0v) is 14.4. The largest absolute Gasteiger partial charge is 0.325 e. The molecule has 3 aromatic rings. The van der Waals surface area contributed by atoms with Gasteiger partial charge in [0.2, 0.25) is 5.91 Å². The summed E-state index contributed by atoms with van der Waals surface area (Å²) in [7, 11) is 0.